The second-order valence-electron chi connectivity index (χ2n) is 5.96. The van der Waals surface area contributed by atoms with E-state index in [0.29, 0.717) is 24.3 Å². The average Bonchev–Trinajstić information content (AvgIpc) is 2.69. The Kier molecular flexibility index (Phi) is 11.2. The van der Waals surface area contributed by atoms with E-state index in [1.54, 1.807) is 24.3 Å². The Morgan fingerprint density at radius 3 is 2.32 bits per heavy atom. The van der Waals surface area contributed by atoms with Crippen LogP contribution in [0.3, 0.4) is 0 Å². The number of hydrogen-bond donors (Lipinski definition) is 3. The second-order valence-corrected chi connectivity index (χ2v) is 6.36. The number of unbranched alkanes of at least 4 members (excludes halogenated alkanes) is 2. The first-order chi connectivity index (χ1) is 13.5. The van der Waals surface area contributed by atoms with Crippen molar-refractivity contribution in [3.63, 3.8) is 0 Å². The lowest BCUT2D eigenvalue weighted by Gasteiger charge is -2.11. The van der Waals surface area contributed by atoms with Crippen LogP contribution >= 0.6 is 12.2 Å². The van der Waals surface area contributed by atoms with Gasteiger partial charge in [0.25, 0.3) is 5.91 Å². The molecule has 0 fully saturated rings. The molecular weight excluding hydrogens is 382 g/mol. The molecule has 0 aliphatic heterocycles. The minimum atomic E-state index is -0.478. The first-order valence-corrected chi connectivity index (χ1v) is 9.65. The number of hydrazine groups is 1. The second kappa shape index (κ2) is 13.5. The summed E-state index contributed by atoms with van der Waals surface area (Å²) < 4.78 is 10.4. The highest BCUT2D eigenvalue weighted by molar-refractivity contribution is 7.80. The van der Waals surface area contributed by atoms with Crippen molar-refractivity contribution >= 4 is 35.1 Å². The summed E-state index contributed by atoms with van der Waals surface area (Å²) in [7, 11) is 0. The van der Waals surface area contributed by atoms with Crippen molar-refractivity contribution in [2.24, 2.45) is 0 Å². The fourth-order valence-electron chi connectivity index (χ4n) is 2.03. The maximum Gasteiger partial charge on any atom is 0.338 e. The molecule has 0 aromatic heterocycles. The number of hydrogen-bond acceptors (Lipinski definition) is 6. The van der Waals surface area contributed by atoms with Crippen LogP contribution in [0.25, 0.3) is 0 Å². The SMILES string of the molecule is CCCCCC(=O)NC(=S)NNC(=O)COc1ccc(C(=O)OCCC)cc1. The predicted octanol–water partition coefficient (Wildman–Crippen LogP) is 2.23. The third-order valence-electron chi connectivity index (χ3n) is 3.47. The molecule has 0 spiro atoms. The summed E-state index contributed by atoms with van der Waals surface area (Å²) in [5.74, 6) is -0.655. The van der Waals surface area contributed by atoms with Gasteiger partial charge in [0.15, 0.2) is 11.7 Å². The smallest absolute Gasteiger partial charge is 0.338 e. The third kappa shape index (κ3) is 9.86. The van der Waals surface area contributed by atoms with Gasteiger partial charge in [-0.3, -0.25) is 20.4 Å². The summed E-state index contributed by atoms with van der Waals surface area (Å²) in [5, 5.41) is 2.50. The largest absolute Gasteiger partial charge is 0.484 e. The topological polar surface area (TPSA) is 106 Å². The fourth-order valence-corrected chi connectivity index (χ4v) is 2.20. The lowest BCUT2D eigenvalue weighted by atomic mass is 10.2. The van der Waals surface area contributed by atoms with E-state index in [2.05, 4.69) is 23.1 Å². The van der Waals surface area contributed by atoms with Crippen molar-refractivity contribution in [2.45, 2.75) is 46.0 Å². The first-order valence-electron chi connectivity index (χ1n) is 9.24. The van der Waals surface area contributed by atoms with E-state index in [-0.39, 0.29) is 17.6 Å². The van der Waals surface area contributed by atoms with Crippen molar-refractivity contribution < 1.29 is 23.9 Å². The van der Waals surface area contributed by atoms with E-state index in [1.165, 1.54) is 0 Å². The number of thiocarbonyl (C=S) groups is 1. The molecule has 0 atom stereocenters. The number of nitrogens with one attached hydrogen (secondary N) is 3. The van der Waals surface area contributed by atoms with Gasteiger partial charge in [-0.05, 0) is 49.3 Å². The summed E-state index contributed by atoms with van der Waals surface area (Å²) in [4.78, 5) is 35.1. The van der Waals surface area contributed by atoms with Gasteiger partial charge in [-0.1, -0.05) is 26.7 Å². The van der Waals surface area contributed by atoms with Crippen molar-refractivity contribution in [2.75, 3.05) is 13.2 Å². The Labute approximate surface area is 170 Å². The molecule has 1 aromatic carbocycles. The maximum atomic E-state index is 11.8. The molecular formula is C19H27N3O5S. The van der Waals surface area contributed by atoms with Gasteiger partial charge in [0.2, 0.25) is 5.91 Å². The standard InChI is InChI=1S/C19H27N3O5S/c1-3-5-6-7-16(23)20-19(28)22-21-17(24)13-27-15-10-8-14(9-11-15)18(25)26-12-4-2/h8-11H,3-7,12-13H2,1-2H3,(H,21,24)(H2,20,22,23,28). The summed E-state index contributed by atoms with van der Waals surface area (Å²) in [6.07, 6.45) is 3.93. The zero-order valence-electron chi connectivity index (χ0n) is 16.2. The highest BCUT2D eigenvalue weighted by atomic mass is 32.1. The van der Waals surface area contributed by atoms with Crippen LogP contribution in [0.2, 0.25) is 0 Å². The number of carbonyl (C=O) groups excluding carboxylic acids is 3. The summed E-state index contributed by atoms with van der Waals surface area (Å²) >= 11 is 4.93. The monoisotopic (exact) mass is 409 g/mol. The van der Waals surface area contributed by atoms with Gasteiger partial charge >= 0.3 is 5.97 Å². The Bertz CT molecular complexity index is 664. The quantitative estimate of drug-likeness (QED) is 0.235. The normalized spacial score (nSPS) is 9.93. The minimum absolute atomic E-state index is 0.0183. The third-order valence-corrected chi connectivity index (χ3v) is 3.68. The maximum absolute atomic E-state index is 11.8. The minimum Gasteiger partial charge on any atom is -0.484 e. The van der Waals surface area contributed by atoms with Crippen LogP contribution in [0.5, 0.6) is 5.75 Å². The molecule has 1 rings (SSSR count). The van der Waals surface area contributed by atoms with Crippen molar-refractivity contribution in [1.82, 2.24) is 16.2 Å². The van der Waals surface area contributed by atoms with Crippen LogP contribution in [0, 0.1) is 0 Å². The van der Waals surface area contributed by atoms with E-state index >= 15 is 0 Å². The number of esters is 1. The number of amides is 2. The molecule has 154 valence electrons. The van der Waals surface area contributed by atoms with Gasteiger partial charge in [0, 0.05) is 6.42 Å². The van der Waals surface area contributed by atoms with Crippen LogP contribution in [0.15, 0.2) is 24.3 Å². The number of benzene rings is 1. The zero-order valence-corrected chi connectivity index (χ0v) is 17.0. The molecule has 0 heterocycles. The van der Waals surface area contributed by atoms with Crippen molar-refractivity contribution in [3.8, 4) is 5.75 Å². The van der Waals surface area contributed by atoms with Gasteiger partial charge in [0.1, 0.15) is 5.75 Å². The van der Waals surface area contributed by atoms with E-state index in [9.17, 15) is 14.4 Å². The lowest BCUT2D eigenvalue weighted by Crippen LogP contribution is -2.49. The molecule has 8 nitrogen and oxygen atoms in total. The zero-order chi connectivity index (χ0) is 20.8. The Balaban J connectivity index is 2.28. The number of carbonyl (C=O) groups is 3. The summed E-state index contributed by atoms with van der Waals surface area (Å²) in [5.41, 5.74) is 5.19. The van der Waals surface area contributed by atoms with Gasteiger partial charge in [0.05, 0.1) is 12.2 Å². The number of ether oxygens (including phenoxy) is 2. The Morgan fingerprint density at radius 1 is 0.964 bits per heavy atom. The van der Waals surface area contributed by atoms with Crippen LogP contribution in [0.1, 0.15) is 56.3 Å². The molecule has 0 saturated carbocycles. The van der Waals surface area contributed by atoms with E-state index in [1.807, 2.05) is 6.92 Å². The van der Waals surface area contributed by atoms with Crippen molar-refractivity contribution in [1.29, 1.82) is 0 Å². The van der Waals surface area contributed by atoms with Crippen LogP contribution in [-0.2, 0) is 14.3 Å². The highest BCUT2D eigenvalue weighted by Gasteiger charge is 2.09. The van der Waals surface area contributed by atoms with Gasteiger partial charge in [-0.2, -0.15) is 0 Å². The molecule has 28 heavy (non-hydrogen) atoms. The molecule has 0 unspecified atom stereocenters. The lowest BCUT2D eigenvalue weighted by molar-refractivity contribution is -0.124. The molecule has 0 aliphatic rings. The van der Waals surface area contributed by atoms with Gasteiger partial charge in [-0.15, -0.1) is 0 Å². The first kappa shape index (κ1) is 23.4. The van der Waals surface area contributed by atoms with Crippen LogP contribution in [-0.4, -0.2) is 36.1 Å². The van der Waals surface area contributed by atoms with Crippen LogP contribution in [0.4, 0.5) is 0 Å². The molecule has 3 N–H and O–H groups in total. The Hall–Kier alpha value is -2.68. The highest BCUT2D eigenvalue weighted by Crippen LogP contribution is 2.13. The van der Waals surface area contributed by atoms with E-state index in [0.717, 1.165) is 25.7 Å². The molecule has 2 amide bonds. The van der Waals surface area contributed by atoms with Crippen molar-refractivity contribution in [3.05, 3.63) is 29.8 Å². The van der Waals surface area contributed by atoms with Gasteiger partial charge < -0.3 is 14.8 Å². The Morgan fingerprint density at radius 2 is 1.68 bits per heavy atom. The van der Waals surface area contributed by atoms with E-state index < -0.39 is 11.9 Å². The molecule has 1 aromatic rings. The molecule has 0 bridgehead atoms. The predicted molar refractivity (Wildman–Crippen MR) is 109 cm³/mol. The number of rotatable bonds is 10. The molecule has 9 heteroatoms. The fraction of sp³-hybridized carbons (Fsp3) is 0.474. The van der Waals surface area contributed by atoms with E-state index in [4.69, 9.17) is 21.7 Å². The average molecular weight is 410 g/mol. The summed E-state index contributed by atoms with van der Waals surface area (Å²) in [6.45, 7) is 4.07. The molecule has 0 saturated heterocycles. The molecule has 0 aliphatic carbocycles. The molecule has 0 radical (unpaired) electrons. The van der Waals surface area contributed by atoms with Gasteiger partial charge in [-0.25, -0.2) is 4.79 Å². The summed E-state index contributed by atoms with van der Waals surface area (Å²) in [6, 6.07) is 6.27. The van der Waals surface area contributed by atoms with Crippen LogP contribution < -0.4 is 20.9 Å².